The molecule has 1 amide bonds. The summed E-state index contributed by atoms with van der Waals surface area (Å²) in [5, 5.41) is 20.3. The fraction of sp³-hybridized carbons (Fsp3) is 0.357. The van der Waals surface area contributed by atoms with Crippen LogP contribution in [0, 0.1) is 0 Å². The molecule has 2 heterocycles. The van der Waals surface area contributed by atoms with Gasteiger partial charge in [0.2, 0.25) is 11.9 Å². The van der Waals surface area contributed by atoms with Crippen LogP contribution in [0.4, 0.5) is 5.69 Å². The molecule has 116 valence electrons. The predicted octanol–water partition coefficient (Wildman–Crippen LogP) is -0.166. The van der Waals surface area contributed by atoms with Crippen molar-refractivity contribution in [1.29, 1.82) is 0 Å². The molecule has 1 unspecified atom stereocenters. The van der Waals surface area contributed by atoms with Crippen molar-refractivity contribution in [2.75, 3.05) is 13.2 Å². The van der Waals surface area contributed by atoms with Gasteiger partial charge in [0.25, 0.3) is 0 Å². The minimum Gasteiger partial charge on any atom is -0.491 e. The number of ether oxygens (including phenoxy) is 1. The van der Waals surface area contributed by atoms with E-state index in [9.17, 15) is 9.59 Å². The Hall–Kier alpha value is -2.61. The molecule has 8 nitrogen and oxygen atoms in total. The van der Waals surface area contributed by atoms with E-state index in [4.69, 9.17) is 14.9 Å². The van der Waals surface area contributed by atoms with Gasteiger partial charge in [-0.1, -0.05) is 0 Å². The third-order valence-electron chi connectivity index (χ3n) is 3.53. The number of amides is 1. The number of carboxylic acid groups (broad SMARTS) is 1. The fourth-order valence-corrected chi connectivity index (χ4v) is 2.55. The van der Waals surface area contributed by atoms with Crippen LogP contribution in [0.15, 0.2) is 23.2 Å². The van der Waals surface area contributed by atoms with Crippen LogP contribution >= 0.6 is 0 Å². The molecular formula is C14H15N3O5. The van der Waals surface area contributed by atoms with E-state index < -0.39 is 12.0 Å². The van der Waals surface area contributed by atoms with Crippen molar-refractivity contribution in [3.05, 3.63) is 23.8 Å². The van der Waals surface area contributed by atoms with Crippen molar-refractivity contribution >= 4 is 23.5 Å². The van der Waals surface area contributed by atoms with Gasteiger partial charge in [-0.3, -0.25) is 14.9 Å². The molecule has 1 saturated heterocycles. The summed E-state index contributed by atoms with van der Waals surface area (Å²) in [4.78, 5) is 28.8. The van der Waals surface area contributed by atoms with Crippen LogP contribution in [0.25, 0.3) is 0 Å². The number of nitrogens with zero attached hydrogens (tertiary/aromatic N) is 2. The van der Waals surface area contributed by atoms with Crippen molar-refractivity contribution < 1.29 is 24.5 Å². The van der Waals surface area contributed by atoms with Gasteiger partial charge in [0.15, 0.2) is 0 Å². The first kappa shape index (κ1) is 14.3. The Balaban J connectivity index is 1.85. The molecule has 0 bridgehead atoms. The molecule has 8 heteroatoms. The number of carboxylic acids is 1. The molecule has 0 aromatic heterocycles. The summed E-state index contributed by atoms with van der Waals surface area (Å²) in [7, 11) is 0. The molecule has 3 rings (SSSR count). The van der Waals surface area contributed by atoms with E-state index in [1.54, 1.807) is 23.1 Å². The van der Waals surface area contributed by atoms with Gasteiger partial charge in [-0.05, 0) is 18.2 Å². The van der Waals surface area contributed by atoms with E-state index in [-0.39, 0.29) is 25.5 Å². The Bertz CT molecular complexity index is 658. The van der Waals surface area contributed by atoms with Crippen LogP contribution in [0.3, 0.4) is 0 Å². The quantitative estimate of drug-likeness (QED) is 0.696. The zero-order valence-electron chi connectivity index (χ0n) is 11.7. The second kappa shape index (κ2) is 5.64. The number of guanidine groups is 1. The van der Waals surface area contributed by atoms with Gasteiger partial charge < -0.3 is 19.8 Å². The monoisotopic (exact) mass is 305 g/mol. The highest BCUT2D eigenvalue weighted by molar-refractivity contribution is 6.08. The van der Waals surface area contributed by atoms with Crippen molar-refractivity contribution in [3.63, 3.8) is 0 Å². The number of hydrogen-bond donors (Lipinski definition) is 3. The lowest BCUT2D eigenvalue weighted by Crippen LogP contribution is -2.38. The topological polar surface area (TPSA) is 111 Å². The minimum absolute atomic E-state index is 0.0788. The van der Waals surface area contributed by atoms with Crippen LogP contribution in [-0.2, 0) is 16.1 Å². The second-order valence-corrected chi connectivity index (χ2v) is 5.03. The van der Waals surface area contributed by atoms with Gasteiger partial charge in [0.05, 0.1) is 18.7 Å². The third-order valence-corrected chi connectivity index (χ3v) is 3.53. The van der Waals surface area contributed by atoms with E-state index in [0.717, 1.165) is 5.56 Å². The Labute approximate surface area is 126 Å². The van der Waals surface area contributed by atoms with Crippen LogP contribution < -0.4 is 10.1 Å². The molecule has 0 saturated carbocycles. The normalized spacial score (nSPS) is 19.1. The Morgan fingerprint density at radius 3 is 3.05 bits per heavy atom. The summed E-state index contributed by atoms with van der Waals surface area (Å²) in [6.07, 6.45) is -0.277. The smallest absolute Gasteiger partial charge is 0.305 e. The lowest BCUT2D eigenvalue weighted by molar-refractivity contribution is -0.140. The number of fused-ring (bicyclic) bond motifs is 2. The number of aliphatic hydroxyl groups is 1. The molecule has 1 aromatic rings. The molecule has 0 radical (unpaired) electrons. The van der Waals surface area contributed by atoms with E-state index in [0.29, 0.717) is 23.9 Å². The van der Waals surface area contributed by atoms with Gasteiger partial charge in [0.1, 0.15) is 18.4 Å². The third kappa shape index (κ3) is 2.60. The molecule has 3 N–H and O–H groups in total. The molecular weight excluding hydrogens is 290 g/mol. The number of benzene rings is 1. The largest absolute Gasteiger partial charge is 0.491 e. The maximum atomic E-state index is 11.9. The number of nitrogens with one attached hydrogen (secondary N) is 1. The summed E-state index contributed by atoms with van der Waals surface area (Å²) in [5.74, 6) is -0.412. The standard InChI is InChI=1S/C14H15N3O5/c18-3-4-22-9-1-2-10-8(5-9)7-17-11(6-12(19)20)13(21)16-14(17)15-10/h1-2,5,11,18H,3-4,6-7H2,(H,19,20)(H,15,16,21). The zero-order valence-corrected chi connectivity index (χ0v) is 11.7. The molecule has 1 atom stereocenters. The minimum atomic E-state index is -1.03. The average molecular weight is 305 g/mol. The Morgan fingerprint density at radius 2 is 2.32 bits per heavy atom. The Kier molecular flexibility index (Phi) is 3.68. The van der Waals surface area contributed by atoms with Crippen LogP contribution in [0.2, 0.25) is 0 Å². The number of carbonyl (C=O) groups excluding carboxylic acids is 1. The molecule has 1 aromatic carbocycles. The van der Waals surface area contributed by atoms with Gasteiger partial charge in [-0.2, -0.15) is 0 Å². The molecule has 0 aliphatic carbocycles. The molecule has 2 aliphatic rings. The molecule has 22 heavy (non-hydrogen) atoms. The van der Waals surface area contributed by atoms with E-state index in [1.807, 2.05) is 0 Å². The Morgan fingerprint density at radius 1 is 1.50 bits per heavy atom. The summed E-state index contributed by atoms with van der Waals surface area (Å²) in [6, 6.07) is 4.53. The summed E-state index contributed by atoms with van der Waals surface area (Å²) in [6.45, 7) is 0.491. The maximum Gasteiger partial charge on any atom is 0.305 e. The number of carbonyl (C=O) groups is 2. The van der Waals surface area contributed by atoms with Gasteiger partial charge in [-0.25, -0.2) is 4.99 Å². The maximum absolute atomic E-state index is 11.9. The molecule has 1 fully saturated rings. The average Bonchev–Trinajstić information content (AvgIpc) is 2.77. The zero-order chi connectivity index (χ0) is 15.7. The van der Waals surface area contributed by atoms with Crippen LogP contribution in [0.5, 0.6) is 5.75 Å². The highest BCUT2D eigenvalue weighted by atomic mass is 16.5. The predicted molar refractivity (Wildman–Crippen MR) is 75.8 cm³/mol. The SMILES string of the molecule is O=C(O)CC1C(=O)NC2=Nc3ccc(OCCO)cc3CN21. The summed E-state index contributed by atoms with van der Waals surface area (Å²) < 4.78 is 5.35. The number of aliphatic hydroxyl groups excluding tert-OH is 1. The number of aliphatic imine (C=N–C) groups is 1. The lowest BCUT2D eigenvalue weighted by Gasteiger charge is -2.27. The van der Waals surface area contributed by atoms with Crippen molar-refractivity contribution in [3.8, 4) is 5.75 Å². The highest BCUT2D eigenvalue weighted by Gasteiger charge is 2.40. The van der Waals surface area contributed by atoms with E-state index in [2.05, 4.69) is 10.3 Å². The van der Waals surface area contributed by atoms with E-state index in [1.165, 1.54) is 0 Å². The second-order valence-electron chi connectivity index (χ2n) is 5.03. The van der Waals surface area contributed by atoms with Crippen molar-refractivity contribution in [2.24, 2.45) is 4.99 Å². The number of rotatable bonds is 5. The highest BCUT2D eigenvalue weighted by Crippen LogP contribution is 2.32. The first-order chi connectivity index (χ1) is 10.6. The molecule has 2 aliphatic heterocycles. The first-order valence-electron chi connectivity index (χ1n) is 6.83. The summed E-state index contributed by atoms with van der Waals surface area (Å²) >= 11 is 0. The summed E-state index contributed by atoms with van der Waals surface area (Å²) in [5.41, 5.74) is 1.55. The van der Waals surface area contributed by atoms with Crippen LogP contribution in [0.1, 0.15) is 12.0 Å². The number of hydrogen-bond acceptors (Lipinski definition) is 6. The van der Waals surface area contributed by atoms with Crippen molar-refractivity contribution in [1.82, 2.24) is 10.2 Å². The van der Waals surface area contributed by atoms with Gasteiger partial charge in [0, 0.05) is 12.1 Å². The fourth-order valence-electron chi connectivity index (χ4n) is 2.55. The van der Waals surface area contributed by atoms with Crippen LogP contribution in [-0.4, -0.2) is 52.2 Å². The van der Waals surface area contributed by atoms with Gasteiger partial charge in [-0.15, -0.1) is 0 Å². The van der Waals surface area contributed by atoms with Gasteiger partial charge >= 0.3 is 5.97 Å². The molecule has 0 spiro atoms. The first-order valence-corrected chi connectivity index (χ1v) is 6.83. The lowest BCUT2D eigenvalue weighted by atomic mass is 10.1. The number of aliphatic carboxylic acids is 1. The van der Waals surface area contributed by atoms with Crippen molar-refractivity contribution in [2.45, 2.75) is 19.0 Å². The van der Waals surface area contributed by atoms with E-state index >= 15 is 0 Å².